The Morgan fingerprint density at radius 1 is 1.36 bits per heavy atom. The lowest BCUT2D eigenvalue weighted by Gasteiger charge is -2.05. The van der Waals surface area contributed by atoms with Crippen LogP contribution in [0.2, 0.25) is 10.0 Å². The summed E-state index contributed by atoms with van der Waals surface area (Å²) >= 11 is 11.6. The number of hydrogen-bond acceptors (Lipinski definition) is 1. The summed E-state index contributed by atoms with van der Waals surface area (Å²) in [6.45, 7) is 2.50. The van der Waals surface area contributed by atoms with Gasteiger partial charge < -0.3 is 4.74 Å². The van der Waals surface area contributed by atoms with Gasteiger partial charge in [-0.3, -0.25) is 0 Å². The van der Waals surface area contributed by atoms with Crippen molar-refractivity contribution in [1.82, 2.24) is 0 Å². The summed E-state index contributed by atoms with van der Waals surface area (Å²) in [6, 6.07) is 5.32. The minimum absolute atomic E-state index is 0.482. The second kappa shape index (κ2) is 3.84. The van der Waals surface area contributed by atoms with Gasteiger partial charge >= 0.3 is 0 Å². The van der Waals surface area contributed by atoms with Gasteiger partial charge in [-0.05, 0) is 19.1 Å². The van der Waals surface area contributed by atoms with Gasteiger partial charge in [0.25, 0.3) is 0 Å². The molecule has 11 heavy (non-hydrogen) atoms. The topological polar surface area (TPSA) is 9.23 Å². The van der Waals surface area contributed by atoms with Crippen molar-refractivity contribution in [3.63, 3.8) is 0 Å². The van der Waals surface area contributed by atoms with Crippen LogP contribution in [-0.2, 0) is 0 Å². The molecule has 0 aliphatic heterocycles. The molecule has 1 aromatic carbocycles. The first kappa shape index (κ1) is 8.69. The van der Waals surface area contributed by atoms with Gasteiger partial charge in [0.1, 0.15) is 10.8 Å². The van der Waals surface area contributed by atoms with Crippen LogP contribution in [0.1, 0.15) is 6.92 Å². The minimum Gasteiger partial charge on any atom is -0.492 e. The first-order chi connectivity index (χ1) is 5.25. The van der Waals surface area contributed by atoms with Crippen LogP contribution in [0.3, 0.4) is 0 Å². The molecular formula is C8H8Cl2O. The summed E-state index contributed by atoms with van der Waals surface area (Å²) in [5.41, 5.74) is 0. The third-order valence-corrected chi connectivity index (χ3v) is 2.02. The highest BCUT2D eigenvalue weighted by Crippen LogP contribution is 2.31. The Kier molecular flexibility index (Phi) is 3.03. The van der Waals surface area contributed by atoms with E-state index < -0.39 is 0 Å². The molecule has 0 heterocycles. The summed E-state index contributed by atoms with van der Waals surface area (Å²) in [5.74, 6) is 0.640. The van der Waals surface area contributed by atoms with E-state index in [1.54, 1.807) is 18.2 Å². The van der Waals surface area contributed by atoms with E-state index in [9.17, 15) is 0 Å². The number of benzene rings is 1. The van der Waals surface area contributed by atoms with Crippen molar-refractivity contribution < 1.29 is 4.74 Å². The molecule has 0 fully saturated rings. The van der Waals surface area contributed by atoms with Crippen LogP contribution in [0, 0.1) is 0 Å². The van der Waals surface area contributed by atoms with Gasteiger partial charge in [-0.2, -0.15) is 0 Å². The Labute approximate surface area is 75.9 Å². The molecule has 0 radical (unpaired) electrons. The highest BCUT2D eigenvalue weighted by molar-refractivity contribution is 6.42. The molecule has 0 atom stereocenters. The van der Waals surface area contributed by atoms with Crippen molar-refractivity contribution in [2.45, 2.75) is 6.92 Å². The number of ether oxygens (including phenoxy) is 1. The molecule has 0 saturated heterocycles. The molecule has 0 unspecified atom stereocenters. The summed E-state index contributed by atoms with van der Waals surface area (Å²) in [4.78, 5) is 0. The predicted molar refractivity (Wildman–Crippen MR) is 47.6 cm³/mol. The molecule has 3 heteroatoms. The molecule has 1 nitrogen and oxygen atoms in total. The predicted octanol–water partition coefficient (Wildman–Crippen LogP) is 3.39. The molecule has 0 bridgehead atoms. The van der Waals surface area contributed by atoms with Gasteiger partial charge in [0.15, 0.2) is 0 Å². The monoisotopic (exact) mass is 190 g/mol. The third kappa shape index (κ3) is 2.01. The Balaban J connectivity index is 2.96. The van der Waals surface area contributed by atoms with E-state index in [2.05, 4.69) is 0 Å². The van der Waals surface area contributed by atoms with E-state index in [-0.39, 0.29) is 0 Å². The third-order valence-electron chi connectivity index (χ3n) is 1.22. The molecule has 1 rings (SSSR count). The molecule has 0 N–H and O–H groups in total. The fourth-order valence-corrected chi connectivity index (χ4v) is 1.10. The van der Waals surface area contributed by atoms with Crippen LogP contribution in [-0.4, -0.2) is 6.61 Å². The number of rotatable bonds is 2. The van der Waals surface area contributed by atoms with Crippen molar-refractivity contribution >= 4 is 23.2 Å². The number of hydrogen-bond donors (Lipinski definition) is 0. The van der Waals surface area contributed by atoms with Crippen molar-refractivity contribution in [3.05, 3.63) is 28.2 Å². The van der Waals surface area contributed by atoms with E-state index in [1.807, 2.05) is 6.92 Å². The Morgan fingerprint density at radius 3 is 2.73 bits per heavy atom. The van der Waals surface area contributed by atoms with Gasteiger partial charge in [-0.15, -0.1) is 0 Å². The van der Waals surface area contributed by atoms with Crippen LogP contribution in [0.5, 0.6) is 5.75 Å². The molecule has 0 spiro atoms. The van der Waals surface area contributed by atoms with Gasteiger partial charge in [0.05, 0.1) is 11.6 Å². The molecular weight excluding hydrogens is 183 g/mol. The maximum Gasteiger partial charge on any atom is 0.139 e. The highest BCUT2D eigenvalue weighted by Gasteiger charge is 2.02. The second-order valence-corrected chi connectivity index (χ2v) is 2.77. The Morgan fingerprint density at radius 2 is 2.09 bits per heavy atom. The molecule has 0 saturated carbocycles. The lowest BCUT2D eigenvalue weighted by Crippen LogP contribution is -1.91. The van der Waals surface area contributed by atoms with Crippen molar-refractivity contribution in [3.8, 4) is 5.75 Å². The first-order valence-electron chi connectivity index (χ1n) is 3.32. The van der Waals surface area contributed by atoms with Gasteiger partial charge in [-0.1, -0.05) is 29.3 Å². The fourth-order valence-electron chi connectivity index (χ4n) is 0.751. The van der Waals surface area contributed by atoms with Crippen molar-refractivity contribution in [2.75, 3.05) is 6.61 Å². The summed E-state index contributed by atoms with van der Waals surface area (Å²) in [7, 11) is 0. The first-order valence-corrected chi connectivity index (χ1v) is 4.08. The zero-order chi connectivity index (χ0) is 8.27. The summed E-state index contributed by atoms with van der Waals surface area (Å²) < 4.78 is 5.20. The van der Waals surface area contributed by atoms with Crippen LogP contribution < -0.4 is 4.74 Å². The van der Waals surface area contributed by atoms with Crippen molar-refractivity contribution in [1.29, 1.82) is 0 Å². The van der Waals surface area contributed by atoms with Gasteiger partial charge in [-0.25, -0.2) is 0 Å². The summed E-state index contributed by atoms with van der Waals surface area (Å²) in [5, 5.41) is 1.01. The van der Waals surface area contributed by atoms with E-state index >= 15 is 0 Å². The molecule has 1 aromatic rings. The SMILES string of the molecule is CCOc1cccc(Cl)c1Cl. The average Bonchev–Trinajstić information content (AvgIpc) is 1.99. The van der Waals surface area contributed by atoms with Gasteiger partial charge in [0.2, 0.25) is 0 Å². The zero-order valence-electron chi connectivity index (χ0n) is 6.10. The van der Waals surface area contributed by atoms with Crippen molar-refractivity contribution in [2.24, 2.45) is 0 Å². The minimum atomic E-state index is 0.482. The van der Waals surface area contributed by atoms with E-state index in [1.165, 1.54) is 0 Å². The standard InChI is InChI=1S/C8H8Cl2O/c1-2-11-7-5-3-4-6(9)8(7)10/h3-5H,2H2,1H3. The smallest absolute Gasteiger partial charge is 0.139 e. The molecule has 60 valence electrons. The normalized spacial score (nSPS) is 9.73. The molecule has 0 amide bonds. The summed E-state index contributed by atoms with van der Waals surface area (Å²) in [6.07, 6.45) is 0. The van der Waals surface area contributed by atoms with Gasteiger partial charge in [0, 0.05) is 0 Å². The second-order valence-electron chi connectivity index (χ2n) is 1.98. The maximum atomic E-state index is 5.82. The quantitative estimate of drug-likeness (QED) is 0.696. The van der Waals surface area contributed by atoms with E-state index in [0.29, 0.717) is 22.4 Å². The van der Waals surface area contributed by atoms with Crippen LogP contribution in [0.15, 0.2) is 18.2 Å². The van der Waals surface area contributed by atoms with Crippen LogP contribution in [0.4, 0.5) is 0 Å². The molecule has 0 aromatic heterocycles. The average molecular weight is 191 g/mol. The van der Waals surface area contributed by atoms with Crippen LogP contribution in [0.25, 0.3) is 0 Å². The lowest BCUT2D eigenvalue weighted by atomic mass is 10.3. The number of halogens is 2. The molecule has 0 aliphatic carbocycles. The zero-order valence-corrected chi connectivity index (χ0v) is 7.62. The van der Waals surface area contributed by atoms with E-state index in [4.69, 9.17) is 27.9 Å². The molecule has 0 aliphatic rings. The fraction of sp³-hybridized carbons (Fsp3) is 0.250. The highest BCUT2D eigenvalue weighted by atomic mass is 35.5. The Bertz CT molecular complexity index is 248. The van der Waals surface area contributed by atoms with Crippen LogP contribution >= 0.6 is 23.2 Å². The largest absolute Gasteiger partial charge is 0.492 e. The Hall–Kier alpha value is -0.400. The van der Waals surface area contributed by atoms with E-state index in [0.717, 1.165) is 0 Å². The lowest BCUT2D eigenvalue weighted by molar-refractivity contribution is 0.340. The maximum absolute atomic E-state index is 5.82.